The number of aromatic nitrogens is 1. The molecule has 1 fully saturated rings. The lowest BCUT2D eigenvalue weighted by molar-refractivity contribution is -0.387. The molecule has 8 nitrogen and oxygen atoms in total. The molecule has 2 heterocycles. The number of nitro benzene ring substituents is 1. The van der Waals surface area contributed by atoms with Crippen molar-refractivity contribution in [3.8, 4) is 5.75 Å². The van der Waals surface area contributed by atoms with E-state index in [4.69, 9.17) is 4.74 Å². The molecule has 1 aliphatic heterocycles. The average molecular weight is 465 g/mol. The van der Waals surface area contributed by atoms with E-state index in [-0.39, 0.29) is 11.6 Å². The smallest absolute Gasteiger partial charge is 0.283 e. The topological polar surface area (TPSA) is 88.8 Å². The first-order valence-electron chi connectivity index (χ1n) is 10.5. The molecule has 2 aromatic carbocycles. The number of thioether (sulfide) groups is 1. The van der Waals surface area contributed by atoms with Crippen molar-refractivity contribution in [3.63, 3.8) is 0 Å². The Hall–Kier alpha value is -3.59. The maximum absolute atomic E-state index is 13.0. The quantitative estimate of drug-likeness (QED) is 0.293. The van der Waals surface area contributed by atoms with Gasteiger partial charge in [-0.1, -0.05) is 0 Å². The predicted octanol–water partition coefficient (Wildman–Crippen LogP) is 4.25. The van der Waals surface area contributed by atoms with Crippen LogP contribution in [0.1, 0.15) is 15.9 Å². The highest BCUT2D eigenvalue weighted by Gasteiger charge is 2.25. The largest absolute Gasteiger partial charge is 0.497 e. The van der Waals surface area contributed by atoms with Crippen LogP contribution in [0.5, 0.6) is 5.75 Å². The molecule has 1 aromatic heterocycles. The third kappa shape index (κ3) is 5.43. The number of hydrogen-bond acceptors (Lipinski definition) is 7. The third-order valence-electron chi connectivity index (χ3n) is 5.55. The van der Waals surface area contributed by atoms with Crippen molar-refractivity contribution >= 4 is 29.0 Å². The van der Waals surface area contributed by atoms with Gasteiger partial charge in [0.05, 0.1) is 16.9 Å². The number of piperazine rings is 1. The molecule has 9 heteroatoms. The molecule has 0 aliphatic carbocycles. The summed E-state index contributed by atoms with van der Waals surface area (Å²) in [6.07, 6.45) is 3.39. The average Bonchev–Trinajstić information content (AvgIpc) is 2.87. The summed E-state index contributed by atoms with van der Waals surface area (Å²) in [5, 5.41) is 11.7. The standard InChI is InChI=1S/C24H24N4O4S/c1-32-21-5-3-20(4-6-21)26-12-14-27(15-13-26)24(29)19-2-7-23(22(16-19)28(30)31)33-17-18-8-10-25-11-9-18/h2-11,16H,12-15,17H2,1H3. The van der Waals surface area contributed by atoms with E-state index >= 15 is 0 Å². The number of carbonyl (C=O) groups excluding carboxylic acids is 1. The molecule has 0 N–H and O–H groups in total. The van der Waals surface area contributed by atoms with Crippen LogP contribution in [0.2, 0.25) is 0 Å². The summed E-state index contributed by atoms with van der Waals surface area (Å²) in [4.78, 5) is 32.8. The van der Waals surface area contributed by atoms with Crippen LogP contribution >= 0.6 is 11.8 Å². The maximum Gasteiger partial charge on any atom is 0.283 e. The van der Waals surface area contributed by atoms with E-state index in [9.17, 15) is 14.9 Å². The van der Waals surface area contributed by atoms with Crippen LogP contribution in [0.3, 0.4) is 0 Å². The van der Waals surface area contributed by atoms with Crippen molar-refractivity contribution in [1.82, 2.24) is 9.88 Å². The molecule has 4 rings (SSSR count). The Labute approximate surface area is 196 Å². The summed E-state index contributed by atoms with van der Waals surface area (Å²) < 4.78 is 5.20. The van der Waals surface area contributed by atoms with Crippen molar-refractivity contribution in [2.45, 2.75) is 10.6 Å². The van der Waals surface area contributed by atoms with Crippen LogP contribution in [0.4, 0.5) is 11.4 Å². The van der Waals surface area contributed by atoms with Gasteiger partial charge in [-0.05, 0) is 54.1 Å². The Bertz CT molecular complexity index is 1120. The number of nitro groups is 1. The molecule has 0 atom stereocenters. The van der Waals surface area contributed by atoms with Crippen molar-refractivity contribution in [2.24, 2.45) is 0 Å². The molecule has 1 aliphatic rings. The second-order valence-corrected chi connectivity index (χ2v) is 8.58. The molecule has 1 saturated heterocycles. The highest BCUT2D eigenvalue weighted by atomic mass is 32.2. The Morgan fingerprint density at radius 2 is 1.76 bits per heavy atom. The summed E-state index contributed by atoms with van der Waals surface area (Å²) in [7, 11) is 1.63. The second-order valence-electron chi connectivity index (χ2n) is 7.56. The molecule has 33 heavy (non-hydrogen) atoms. The highest BCUT2D eigenvalue weighted by molar-refractivity contribution is 7.98. The van der Waals surface area contributed by atoms with Gasteiger partial charge >= 0.3 is 0 Å². The Kier molecular flexibility index (Phi) is 7.09. The number of nitrogens with zero attached hydrogens (tertiary/aromatic N) is 4. The molecule has 0 bridgehead atoms. The Balaban J connectivity index is 1.41. The molecular weight excluding hydrogens is 440 g/mol. The number of rotatable bonds is 7. The molecule has 0 saturated carbocycles. The first-order valence-corrected chi connectivity index (χ1v) is 11.5. The van der Waals surface area contributed by atoms with Crippen LogP contribution in [0.15, 0.2) is 71.9 Å². The zero-order chi connectivity index (χ0) is 23.2. The van der Waals surface area contributed by atoms with E-state index in [0.717, 1.165) is 17.0 Å². The van der Waals surface area contributed by atoms with Crippen LogP contribution in [0.25, 0.3) is 0 Å². The van der Waals surface area contributed by atoms with E-state index in [1.807, 2.05) is 36.4 Å². The van der Waals surface area contributed by atoms with Gasteiger partial charge < -0.3 is 14.5 Å². The number of pyridine rings is 1. The highest BCUT2D eigenvalue weighted by Crippen LogP contribution is 2.32. The summed E-state index contributed by atoms with van der Waals surface area (Å²) >= 11 is 1.38. The van der Waals surface area contributed by atoms with Gasteiger partial charge in [0.15, 0.2) is 0 Å². The van der Waals surface area contributed by atoms with Gasteiger partial charge in [0.25, 0.3) is 11.6 Å². The fraction of sp³-hybridized carbons (Fsp3) is 0.250. The van der Waals surface area contributed by atoms with Gasteiger partial charge in [-0.3, -0.25) is 19.9 Å². The van der Waals surface area contributed by atoms with E-state index < -0.39 is 4.92 Å². The third-order valence-corrected chi connectivity index (χ3v) is 6.68. The van der Waals surface area contributed by atoms with Gasteiger partial charge in [0.1, 0.15) is 5.75 Å². The van der Waals surface area contributed by atoms with Gasteiger partial charge in [-0.2, -0.15) is 0 Å². The zero-order valence-corrected chi connectivity index (χ0v) is 19.0. The van der Waals surface area contributed by atoms with Gasteiger partial charge in [0, 0.05) is 61.6 Å². The van der Waals surface area contributed by atoms with Gasteiger partial charge in [0.2, 0.25) is 0 Å². The first-order chi connectivity index (χ1) is 16.0. The van der Waals surface area contributed by atoms with Crippen LogP contribution < -0.4 is 9.64 Å². The van der Waals surface area contributed by atoms with Crippen molar-refractivity contribution < 1.29 is 14.5 Å². The lowest BCUT2D eigenvalue weighted by Crippen LogP contribution is -2.48. The SMILES string of the molecule is COc1ccc(N2CCN(C(=O)c3ccc(SCc4ccncc4)c([N+](=O)[O-])c3)CC2)cc1. The zero-order valence-electron chi connectivity index (χ0n) is 18.2. The summed E-state index contributed by atoms with van der Waals surface area (Å²) in [6, 6.07) is 16.3. The summed E-state index contributed by atoms with van der Waals surface area (Å²) in [5.74, 6) is 1.21. The van der Waals surface area contributed by atoms with Crippen LogP contribution in [-0.2, 0) is 5.75 Å². The molecule has 170 valence electrons. The number of anilines is 1. The number of carbonyl (C=O) groups is 1. The first kappa shape index (κ1) is 22.6. The van der Waals surface area contributed by atoms with Crippen molar-refractivity contribution in [2.75, 3.05) is 38.2 Å². The molecule has 1 amide bonds. The summed E-state index contributed by atoms with van der Waals surface area (Å²) in [5.41, 5.74) is 2.40. The fourth-order valence-corrected chi connectivity index (χ4v) is 4.66. The number of ether oxygens (including phenoxy) is 1. The lowest BCUT2D eigenvalue weighted by Gasteiger charge is -2.36. The Morgan fingerprint density at radius 3 is 2.39 bits per heavy atom. The predicted molar refractivity (Wildman–Crippen MR) is 128 cm³/mol. The fourth-order valence-electron chi connectivity index (χ4n) is 3.70. The van der Waals surface area contributed by atoms with Crippen molar-refractivity contribution in [1.29, 1.82) is 0 Å². The molecular formula is C24H24N4O4S. The normalized spacial score (nSPS) is 13.6. The van der Waals surface area contributed by atoms with E-state index in [0.29, 0.717) is 42.4 Å². The second kappa shape index (κ2) is 10.4. The van der Waals surface area contributed by atoms with Gasteiger partial charge in [-0.25, -0.2) is 0 Å². The van der Waals surface area contributed by atoms with E-state index in [1.165, 1.54) is 17.8 Å². The monoisotopic (exact) mass is 464 g/mol. The molecule has 0 radical (unpaired) electrons. The number of hydrogen-bond donors (Lipinski definition) is 0. The molecule has 0 spiro atoms. The van der Waals surface area contributed by atoms with Crippen LogP contribution in [0, 0.1) is 10.1 Å². The Morgan fingerprint density at radius 1 is 1.06 bits per heavy atom. The van der Waals surface area contributed by atoms with E-state index in [2.05, 4.69) is 9.88 Å². The maximum atomic E-state index is 13.0. The minimum absolute atomic E-state index is 0.0447. The number of methoxy groups -OCH3 is 1. The molecule has 3 aromatic rings. The molecule has 0 unspecified atom stereocenters. The number of benzene rings is 2. The van der Waals surface area contributed by atoms with E-state index in [1.54, 1.807) is 36.5 Å². The van der Waals surface area contributed by atoms with Crippen molar-refractivity contribution in [3.05, 3.63) is 88.2 Å². The minimum Gasteiger partial charge on any atom is -0.497 e. The number of amides is 1. The summed E-state index contributed by atoms with van der Waals surface area (Å²) in [6.45, 7) is 2.49. The minimum atomic E-state index is -0.423. The van der Waals surface area contributed by atoms with Crippen LogP contribution in [-0.4, -0.2) is 54.0 Å². The van der Waals surface area contributed by atoms with Gasteiger partial charge in [-0.15, -0.1) is 11.8 Å². The lowest BCUT2D eigenvalue weighted by atomic mass is 10.1.